The van der Waals surface area contributed by atoms with Gasteiger partial charge in [0.15, 0.2) is 0 Å². The summed E-state index contributed by atoms with van der Waals surface area (Å²) in [6.07, 6.45) is 2.82. The van der Waals surface area contributed by atoms with E-state index in [1.54, 1.807) is 0 Å². The molecule has 0 spiro atoms. The van der Waals surface area contributed by atoms with Crippen LogP contribution in [0.1, 0.15) is 27.8 Å². The smallest absolute Gasteiger partial charge is 0.307 e. The number of pyridine rings is 1. The summed E-state index contributed by atoms with van der Waals surface area (Å²) >= 11 is 0. The largest absolute Gasteiger partial charge is 0.489 e. The fourth-order valence-electron chi connectivity index (χ4n) is 4.54. The summed E-state index contributed by atoms with van der Waals surface area (Å²) in [4.78, 5) is 15.7. The second-order valence-electron chi connectivity index (χ2n) is 9.00. The maximum atomic E-state index is 10.9. The number of carboxylic acids is 1. The topological polar surface area (TPSA) is 59.4 Å². The lowest BCUT2D eigenvalue weighted by Crippen LogP contribution is -2.01. The number of ether oxygens (including phenoxy) is 1. The van der Waals surface area contributed by atoms with E-state index >= 15 is 0 Å². The summed E-state index contributed by atoms with van der Waals surface area (Å²) < 4.78 is 6.14. The van der Waals surface area contributed by atoms with E-state index in [2.05, 4.69) is 61.5 Å². The first kappa shape index (κ1) is 23.3. The lowest BCUT2D eigenvalue weighted by molar-refractivity contribution is -0.136. The number of hydrogen-bond donors (Lipinski definition) is 1. The predicted octanol–water partition coefficient (Wildman–Crippen LogP) is 7.01. The zero-order valence-corrected chi connectivity index (χ0v) is 20.1. The molecule has 0 saturated heterocycles. The van der Waals surface area contributed by atoms with Crippen LogP contribution in [-0.4, -0.2) is 16.1 Å². The first-order chi connectivity index (χ1) is 17.6. The number of aromatic nitrogens is 1. The van der Waals surface area contributed by atoms with Crippen LogP contribution in [0.25, 0.3) is 22.0 Å². The minimum atomic E-state index is -0.832. The van der Waals surface area contributed by atoms with Crippen molar-refractivity contribution in [2.75, 3.05) is 0 Å². The average molecular weight is 474 g/mol. The molecule has 0 bridgehead atoms. The Morgan fingerprint density at radius 3 is 2.36 bits per heavy atom. The van der Waals surface area contributed by atoms with Crippen molar-refractivity contribution in [3.05, 3.63) is 131 Å². The van der Waals surface area contributed by atoms with Crippen molar-refractivity contribution < 1.29 is 14.6 Å². The molecule has 0 saturated carbocycles. The first-order valence-electron chi connectivity index (χ1n) is 12.0. The molecule has 1 N–H and O–H groups in total. The fourth-order valence-corrected chi connectivity index (χ4v) is 4.54. The van der Waals surface area contributed by atoms with Gasteiger partial charge in [-0.15, -0.1) is 0 Å². The molecule has 0 amide bonds. The highest BCUT2D eigenvalue weighted by molar-refractivity contribution is 5.97. The molecule has 0 radical (unpaired) electrons. The van der Waals surface area contributed by atoms with Gasteiger partial charge in [-0.3, -0.25) is 9.78 Å². The highest BCUT2D eigenvalue weighted by atomic mass is 16.5. The molecule has 4 aromatic carbocycles. The van der Waals surface area contributed by atoms with Crippen LogP contribution in [0.4, 0.5) is 0 Å². The van der Waals surface area contributed by atoms with Crippen molar-refractivity contribution >= 4 is 16.9 Å². The van der Waals surface area contributed by atoms with Crippen LogP contribution in [-0.2, 0) is 24.2 Å². The van der Waals surface area contributed by atoms with E-state index in [9.17, 15) is 4.79 Å². The quantitative estimate of drug-likeness (QED) is 0.263. The van der Waals surface area contributed by atoms with Crippen LogP contribution in [0.15, 0.2) is 103 Å². The van der Waals surface area contributed by atoms with Gasteiger partial charge >= 0.3 is 5.97 Å². The molecule has 0 unspecified atom stereocenters. The monoisotopic (exact) mass is 473 g/mol. The summed E-state index contributed by atoms with van der Waals surface area (Å²) in [5.74, 6) is -0.0494. The second kappa shape index (κ2) is 10.4. The Kier molecular flexibility index (Phi) is 6.76. The van der Waals surface area contributed by atoms with E-state index in [4.69, 9.17) is 14.8 Å². The third kappa shape index (κ3) is 5.28. The molecule has 1 heterocycles. The number of para-hydroxylation sites is 1. The number of carboxylic acid groups (broad SMARTS) is 1. The number of carbonyl (C=O) groups is 1. The summed E-state index contributed by atoms with van der Waals surface area (Å²) in [6, 6.07) is 32.5. The van der Waals surface area contributed by atoms with Crippen LogP contribution in [0, 0.1) is 6.92 Å². The molecule has 5 rings (SSSR count). The molecule has 5 aromatic rings. The third-order valence-corrected chi connectivity index (χ3v) is 6.32. The lowest BCUT2D eigenvalue weighted by Gasteiger charge is -2.16. The van der Waals surface area contributed by atoms with Gasteiger partial charge in [0.1, 0.15) is 12.4 Å². The molecule has 36 heavy (non-hydrogen) atoms. The predicted molar refractivity (Wildman–Crippen MR) is 143 cm³/mol. The zero-order chi connectivity index (χ0) is 24.9. The van der Waals surface area contributed by atoms with Crippen molar-refractivity contribution in [1.82, 2.24) is 4.98 Å². The molecule has 4 heteroatoms. The summed E-state index contributed by atoms with van der Waals surface area (Å²) in [6.45, 7) is 2.50. The van der Waals surface area contributed by atoms with E-state index < -0.39 is 5.97 Å². The van der Waals surface area contributed by atoms with E-state index in [1.807, 2.05) is 48.7 Å². The maximum Gasteiger partial charge on any atom is 0.307 e. The summed E-state index contributed by atoms with van der Waals surface area (Å²) in [5.41, 5.74) is 8.61. The fraction of sp³-hybridized carbons (Fsp3) is 0.125. The minimum absolute atomic E-state index is 0.0217. The maximum absolute atomic E-state index is 10.9. The van der Waals surface area contributed by atoms with Crippen molar-refractivity contribution in [3.8, 4) is 16.9 Å². The molecule has 0 aliphatic rings. The Bertz CT molecular complexity index is 1510. The number of aryl methyl sites for hydroxylation is 1. The zero-order valence-electron chi connectivity index (χ0n) is 20.1. The van der Waals surface area contributed by atoms with Crippen LogP contribution >= 0.6 is 0 Å². The normalized spacial score (nSPS) is 10.9. The Hall–Kier alpha value is -4.44. The van der Waals surface area contributed by atoms with Crippen molar-refractivity contribution in [3.63, 3.8) is 0 Å². The van der Waals surface area contributed by atoms with Gasteiger partial charge in [0, 0.05) is 11.6 Å². The van der Waals surface area contributed by atoms with Gasteiger partial charge in [0.2, 0.25) is 0 Å². The Balaban J connectivity index is 1.47. The molecule has 0 aliphatic heterocycles. The van der Waals surface area contributed by atoms with Gasteiger partial charge in [-0.2, -0.15) is 0 Å². The highest BCUT2D eigenvalue weighted by Gasteiger charge is 2.14. The van der Waals surface area contributed by atoms with Gasteiger partial charge in [-0.25, -0.2) is 0 Å². The first-order valence-corrected chi connectivity index (χ1v) is 12.0. The number of aliphatic carboxylic acids is 1. The van der Waals surface area contributed by atoms with E-state index in [0.29, 0.717) is 6.61 Å². The van der Waals surface area contributed by atoms with Crippen LogP contribution < -0.4 is 4.74 Å². The van der Waals surface area contributed by atoms with E-state index in [-0.39, 0.29) is 6.42 Å². The molecule has 0 atom stereocenters. The standard InChI is InChI=1S/C32H27NO3/c1-22-7-5-12-29-31(27(20-33-32(22)29)17-23-8-3-2-4-9-23)26-10-6-11-28(19-26)36-21-25-15-13-24(14-16-25)18-30(34)35/h2-16,19-20H,17-18,21H2,1H3,(H,34,35). The van der Waals surface area contributed by atoms with Gasteiger partial charge in [0.25, 0.3) is 0 Å². The van der Waals surface area contributed by atoms with Crippen molar-refractivity contribution in [2.24, 2.45) is 0 Å². The van der Waals surface area contributed by atoms with Crippen LogP contribution in [0.5, 0.6) is 5.75 Å². The molecule has 0 aliphatic carbocycles. The van der Waals surface area contributed by atoms with Gasteiger partial charge in [-0.1, -0.05) is 84.9 Å². The second-order valence-corrected chi connectivity index (χ2v) is 9.00. The van der Waals surface area contributed by atoms with Crippen LogP contribution in [0.2, 0.25) is 0 Å². The molecular formula is C32H27NO3. The third-order valence-electron chi connectivity index (χ3n) is 6.32. The summed E-state index contributed by atoms with van der Waals surface area (Å²) in [7, 11) is 0. The average Bonchev–Trinajstić information content (AvgIpc) is 2.89. The minimum Gasteiger partial charge on any atom is -0.489 e. The van der Waals surface area contributed by atoms with Gasteiger partial charge in [0.05, 0.1) is 11.9 Å². The number of nitrogens with zero attached hydrogens (tertiary/aromatic N) is 1. The Labute approximate surface area is 210 Å². The molecule has 0 fully saturated rings. The van der Waals surface area contributed by atoms with Crippen LogP contribution in [0.3, 0.4) is 0 Å². The molecule has 1 aromatic heterocycles. The van der Waals surface area contributed by atoms with E-state index in [0.717, 1.165) is 45.3 Å². The van der Waals surface area contributed by atoms with E-state index in [1.165, 1.54) is 16.7 Å². The molecule has 178 valence electrons. The Morgan fingerprint density at radius 2 is 1.58 bits per heavy atom. The lowest BCUT2D eigenvalue weighted by atomic mass is 9.92. The SMILES string of the molecule is Cc1cccc2c(-c3cccc(OCc4ccc(CC(=O)O)cc4)c3)c(Cc3ccccc3)cnc12. The van der Waals surface area contributed by atoms with Crippen molar-refractivity contribution in [1.29, 1.82) is 0 Å². The van der Waals surface area contributed by atoms with Gasteiger partial charge < -0.3 is 9.84 Å². The Morgan fingerprint density at radius 1 is 0.833 bits per heavy atom. The molecular weight excluding hydrogens is 446 g/mol. The molecule has 4 nitrogen and oxygen atoms in total. The van der Waals surface area contributed by atoms with Crippen molar-refractivity contribution in [2.45, 2.75) is 26.4 Å². The number of benzene rings is 4. The van der Waals surface area contributed by atoms with Gasteiger partial charge in [-0.05, 0) is 64.4 Å². The number of fused-ring (bicyclic) bond motifs is 1. The highest BCUT2D eigenvalue weighted by Crippen LogP contribution is 2.35. The number of hydrogen-bond acceptors (Lipinski definition) is 3. The summed E-state index contributed by atoms with van der Waals surface area (Å²) in [5, 5.41) is 10.1. The number of rotatable bonds is 8.